The highest BCUT2D eigenvalue weighted by Gasteiger charge is 2.47. The van der Waals surface area contributed by atoms with Crippen molar-refractivity contribution >= 4 is 12.1 Å². The maximum absolute atomic E-state index is 12.5. The first-order valence-corrected chi connectivity index (χ1v) is 10.6. The molecule has 2 aliphatic rings. The summed E-state index contributed by atoms with van der Waals surface area (Å²) in [6.45, 7) is 9.18. The van der Waals surface area contributed by atoms with E-state index >= 15 is 0 Å². The van der Waals surface area contributed by atoms with Crippen LogP contribution >= 0.6 is 0 Å². The molecule has 166 valence electrons. The fourth-order valence-electron chi connectivity index (χ4n) is 4.46. The Morgan fingerprint density at radius 3 is 2.58 bits per heavy atom. The molecule has 4 heterocycles. The Kier molecular flexibility index (Phi) is 5.19. The van der Waals surface area contributed by atoms with Gasteiger partial charge in [-0.05, 0) is 39.8 Å². The van der Waals surface area contributed by atoms with Crippen LogP contribution in [0.2, 0.25) is 0 Å². The van der Waals surface area contributed by atoms with Gasteiger partial charge in [-0.25, -0.2) is 9.59 Å². The molecule has 0 saturated carbocycles. The molecular weight excluding hydrogens is 398 g/mol. The van der Waals surface area contributed by atoms with Crippen LogP contribution in [0.5, 0.6) is 5.75 Å². The molecule has 31 heavy (non-hydrogen) atoms. The molecule has 0 unspecified atom stereocenters. The lowest BCUT2D eigenvalue weighted by atomic mass is 9.81. The SMILES string of the molecule is CCn1c(C(=O)OC)cc2c1-c1ccncc1OC21CCN(C(=O)OC(C)(C)C)CC1. The first-order valence-electron chi connectivity index (χ1n) is 10.6. The molecule has 0 atom stereocenters. The highest BCUT2D eigenvalue weighted by Crippen LogP contribution is 2.50. The molecule has 2 aromatic rings. The predicted octanol–water partition coefficient (Wildman–Crippen LogP) is 3.98. The number of hydrogen-bond acceptors (Lipinski definition) is 6. The molecule has 0 aromatic carbocycles. The Bertz CT molecular complexity index is 1010. The molecule has 1 amide bonds. The van der Waals surface area contributed by atoms with Crippen molar-refractivity contribution in [2.75, 3.05) is 20.2 Å². The minimum Gasteiger partial charge on any atom is -0.480 e. The first-order chi connectivity index (χ1) is 14.7. The zero-order valence-corrected chi connectivity index (χ0v) is 18.7. The van der Waals surface area contributed by atoms with E-state index in [0.29, 0.717) is 43.9 Å². The number of nitrogens with zero attached hydrogens (tertiary/aromatic N) is 3. The van der Waals surface area contributed by atoms with Gasteiger partial charge in [0.05, 0.1) is 19.0 Å². The molecular formula is C23H29N3O5. The van der Waals surface area contributed by atoms with E-state index < -0.39 is 11.2 Å². The third kappa shape index (κ3) is 3.64. The van der Waals surface area contributed by atoms with Gasteiger partial charge in [-0.2, -0.15) is 0 Å². The summed E-state index contributed by atoms with van der Waals surface area (Å²) in [5.41, 5.74) is 2.13. The molecule has 0 aliphatic carbocycles. The Labute approximate surface area is 182 Å². The zero-order valence-electron chi connectivity index (χ0n) is 18.7. The fraction of sp³-hybridized carbons (Fsp3) is 0.522. The summed E-state index contributed by atoms with van der Waals surface area (Å²) in [4.78, 5) is 31.0. The quantitative estimate of drug-likeness (QED) is 0.675. The number of likely N-dealkylation sites (tertiary alicyclic amines) is 1. The van der Waals surface area contributed by atoms with Gasteiger partial charge in [-0.15, -0.1) is 0 Å². The molecule has 0 bridgehead atoms. The van der Waals surface area contributed by atoms with E-state index in [-0.39, 0.29) is 12.1 Å². The number of ether oxygens (including phenoxy) is 3. The van der Waals surface area contributed by atoms with Crippen LogP contribution in [0.15, 0.2) is 24.5 Å². The Morgan fingerprint density at radius 2 is 1.97 bits per heavy atom. The van der Waals surface area contributed by atoms with Crippen molar-refractivity contribution in [2.24, 2.45) is 0 Å². The summed E-state index contributed by atoms with van der Waals surface area (Å²) in [5, 5.41) is 0. The van der Waals surface area contributed by atoms with E-state index in [1.165, 1.54) is 7.11 Å². The van der Waals surface area contributed by atoms with Crippen LogP contribution in [-0.4, -0.2) is 52.3 Å². The maximum Gasteiger partial charge on any atom is 0.410 e. The van der Waals surface area contributed by atoms with Crippen molar-refractivity contribution in [2.45, 2.75) is 58.3 Å². The first kappa shape index (κ1) is 21.2. The number of carbonyl (C=O) groups excluding carboxylic acids is 2. The Hall–Kier alpha value is -3.03. The Morgan fingerprint density at radius 1 is 1.26 bits per heavy atom. The van der Waals surface area contributed by atoms with Crippen LogP contribution in [0.25, 0.3) is 11.3 Å². The van der Waals surface area contributed by atoms with Crippen molar-refractivity contribution in [3.05, 3.63) is 35.8 Å². The second-order valence-corrected chi connectivity index (χ2v) is 8.96. The third-order valence-electron chi connectivity index (χ3n) is 5.87. The number of aromatic nitrogens is 2. The highest BCUT2D eigenvalue weighted by molar-refractivity contribution is 5.91. The lowest BCUT2D eigenvalue weighted by Gasteiger charge is -2.44. The fourth-order valence-corrected chi connectivity index (χ4v) is 4.46. The number of fused-ring (bicyclic) bond motifs is 4. The molecule has 0 radical (unpaired) electrons. The van der Waals surface area contributed by atoms with Gasteiger partial charge in [0.25, 0.3) is 0 Å². The van der Waals surface area contributed by atoms with Gasteiger partial charge >= 0.3 is 12.1 Å². The van der Waals surface area contributed by atoms with Crippen LogP contribution in [0, 0.1) is 0 Å². The number of carbonyl (C=O) groups is 2. The predicted molar refractivity (Wildman–Crippen MR) is 114 cm³/mol. The number of methoxy groups -OCH3 is 1. The normalized spacial score (nSPS) is 16.9. The van der Waals surface area contributed by atoms with E-state index in [2.05, 4.69) is 4.98 Å². The number of piperidine rings is 1. The number of esters is 1. The molecule has 8 nitrogen and oxygen atoms in total. The van der Waals surface area contributed by atoms with Crippen molar-refractivity contribution in [3.63, 3.8) is 0 Å². The van der Waals surface area contributed by atoms with Gasteiger partial charge in [0, 0.05) is 49.8 Å². The standard InChI is InChI=1S/C23H29N3O5/c1-6-26-17(20(27)29-5)13-16-19(26)15-7-10-24-14-18(15)30-23(16)8-11-25(12-9-23)21(28)31-22(2,3)4/h7,10,13-14H,6,8-9,11-12H2,1-5H3. The zero-order chi connectivity index (χ0) is 22.4. The van der Waals surface area contributed by atoms with Gasteiger partial charge < -0.3 is 23.7 Å². The summed E-state index contributed by atoms with van der Waals surface area (Å²) in [6, 6.07) is 3.79. The smallest absolute Gasteiger partial charge is 0.410 e. The van der Waals surface area contributed by atoms with Crippen LogP contribution in [-0.2, 0) is 21.6 Å². The van der Waals surface area contributed by atoms with Gasteiger partial charge in [0.15, 0.2) is 0 Å². The second-order valence-electron chi connectivity index (χ2n) is 8.96. The average Bonchev–Trinajstić information content (AvgIpc) is 3.13. The summed E-state index contributed by atoms with van der Waals surface area (Å²) >= 11 is 0. The van der Waals surface area contributed by atoms with Crippen LogP contribution in [0.1, 0.15) is 56.6 Å². The molecule has 1 spiro atoms. The number of rotatable bonds is 2. The third-order valence-corrected chi connectivity index (χ3v) is 5.87. The van der Waals surface area contributed by atoms with E-state index in [0.717, 1.165) is 16.8 Å². The number of hydrogen-bond donors (Lipinski definition) is 0. The minimum atomic E-state index is -0.646. The highest BCUT2D eigenvalue weighted by atomic mass is 16.6. The van der Waals surface area contributed by atoms with Crippen LogP contribution in [0.4, 0.5) is 4.79 Å². The molecule has 8 heteroatoms. The molecule has 1 fully saturated rings. The van der Waals surface area contributed by atoms with Gasteiger partial charge in [-0.3, -0.25) is 4.98 Å². The maximum atomic E-state index is 12.5. The van der Waals surface area contributed by atoms with E-state index in [9.17, 15) is 9.59 Å². The monoisotopic (exact) mass is 427 g/mol. The molecule has 2 aromatic heterocycles. The summed E-state index contributed by atoms with van der Waals surface area (Å²) in [5.74, 6) is 0.304. The largest absolute Gasteiger partial charge is 0.480 e. The van der Waals surface area contributed by atoms with Gasteiger partial charge in [0.1, 0.15) is 22.6 Å². The number of amides is 1. The molecule has 2 aliphatic heterocycles. The van der Waals surface area contributed by atoms with Gasteiger partial charge in [-0.1, -0.05) is 0 Å². The second kappa shape index (κ2) is 7.59. The Balaban J connectivity index is 1.73. The van der Waals surface area contributed by atoms with Crippen molar-refractivity contribution in [1.82, 2.24) is 14.5 Å². The van der Waals surface area contributed by atoms with E-state index in [1.54, 1.807) is 17.3 Å². The van der Waals surface area contributed by atoms with Crippen molar-refractivity contribution in [3.8, 4) is 17.0 Å². The molecule has 4 rings (SSSR count). The van der Waals surface area contributed by atoms with Crippen LogP contribution in [0.3, 0.4) is 0 Å². The lowest BCUT2D eigenvalue weighted by Crippen LogP contribution is -2.50. The topological polar surface area (TPSA) is 82.9 Å². The van der Waals surface area contributed by atoms with E-state index in [1.807, 2.05) is 44.4 Å². The molecule has 0 N–H and O–H groups in total. The molecule has 1 saturated heterocycles. The van der Waals surface area contributed by atoms with E-state index in [4.69, 9.17) is 14.2 Å². The summed E-state index contributed by atoms with van der Waals surface area (Å²) in [6.07, 6.45) is 4.29. The number of pyridine rings is 1. The van der Waals surface area contributed by atoms with Crippen molar-refractivity contribution in [1.29, 1.82) is 0 Å². The van der Waals surface area contributed by atoms with Crippen molar-refractivity contribution < 1.29 is 23.8 Å². The lowest BCUT2D eigenvalue weighted by molar-refractivity contribution is -0.0218. The van der Waals surface area contributed by atoms with Gasteiger partial charge in [0.2, 0.25) is 0 Å². The summed E-state index contributed by atoms with van der Waals surface area (Å²) in [7, 11) is 1.39. The minimum absolute atomic E-state index is 0.318. The van der Waals surface area contributed by atoms with Crippen LogP contribution < -0.4 is 4.74 Å². The summed E-state index contributed by atoms with van der Waals surface area (Å²) < 4.78 is 19.1. The average molecular weight is 428 g/mol.